The van der Waals surface area contributed by atoms with Crippen molar-refractivity contribution < 1.29 is 19.1 Å². The van der Waals surface area contributed by atoms with Crippen LogP contribution in [-0.4, -0.2) is 36.7 Å². The summed E-state index contributed by atoms with van der Waals surface area (Å²) in [7, 11) is 0. The van der Waals surface area contributed by atoms with Gasteiger partial charge in [-0.15, -0.1) is 0 Å². The van der Waals surface area contributed by atoms with E-state index in [1.807, 2.05) is 0 Å². The summed E-state index contributed by atoms with van der Waals surface area (Å²) in [5.41, 5.74) is 6.01. The van der Waals surface area contributed by atoms with Crippen LogP contribution in [0.25, 0.3) is 0 Å². The van der Waals surface area contributed by atoms with Crippen LogP contribution in [0.2, 0.25) is 0 Å². The molecule has 0 saturated heterocycles. The maximum absolute atomic E-state index is 12.4. The van der Waals surface area contributed by atoms with Crippen molar-refractivity contribution in [2.45, 2.75) is 39.0 Å². The molecular formula is C15H21N3O4. The van der Waals surface area contributed by atoms with Crippen LogP contribution in [0.3, 0.4) is 0 Å². The highest BCUT2D eigenvalue weighted by atomic mass is 16.7. The van der Waals surface area contributed by atoms with Gasteiger partial charge in [0.15, 0.2) is 17.3 Å². The summed E-state index contributed by atoms with van der Waals surface area (Å²) >= 11 is 0. The smallest absolute Gasteiger partial charge is 0.237 e. The van der Waals surface area contributed by atoms with E-state index in [-0.39, 0.29) is 24.6 Å². The summed E-state index contributed by atoms with van der Waals surface area (Å²) in [6.07, 6.45) is -0.369. The number of Topliss-reactive ketones (excluding diaryl/α,β-unsaturated/α-hetero) is 1. The number of carbonyl (C=O) groups is 2. The predicted molar refractivity (Wildman–Crippen MR) is 80.7 cm³/mol. The molecule has 3 unspecified atom stereocenters. The van der Waals surface area contributed by atoms with Crippen LogP contribution >= 0.6 is 0 Å². The van der Waals surface area contributed by atoms with Crippen LogP contribution in [0.5, 0.6) is 11.5 Å². The molecule has 22 heavy (non-hydrogen) atoms. The Labute approximate surface area is 129 Å². The molecule has 0 fully saturated rings. The topological polar surface area (TPSA) is 103 Å². The van der Waals surface area contributed by atoms with Crippen molar-refractivity contribution in [2.75, 3.05) is 6.79 Å². The van der Waals surface area contributed by atoms with Crippen molar-refractivity contribution in [2.24, 2.45) is 5.73 Å². The summed E-state index contributed by atoms with van der Waals surface area (Å²) in [6.45, 7) is 5.26. The molecular weight excluding hydrogens is 286 g/mol. The molecule has 7 nitrogen and oxygen atoms in total. The minimum absolute atomic E-state index is 0.0970. The maximum atomic E-state index is 12.4. The van der Waals surface area contributed by atoms with Crippen LogP contribution in [0.4, 0.5) is 0 Å². The van der Waals surface area contributed by atoms with Gasteiger partial charge in [-0.1, -0.05) is 0 Å². The SMILES string of the molecule is CC(NC(=O)C(C)N)NC(C)C(=O)c1ccc2c(c1)OCO2. The van der Waals surface area contributed by atoms with Crippen molar-refractivity contribution in [3.05, 3.63) is 23.8 Å². The Morgan fingerprint density at radius 3 is 2.55 bits per heavy atom. The predicted octanol–water partition coefficient (Wildman–Crippen LogP) is 0.386. The first kappa shape index (κ1) is 16.3. The number of hydrogen-bond acceptors (Lipinski definition) is 6. The van der Waals surface area contributed by atoms with Crippen molar-refractivity contribution in [3.8, 4) is 11.5 Å². The molecule has 0 saturated carbocycles. The van der Waals surface area contributed by atoms with Gasteiger partial charge in [0, 0.05) is 5.56 Å². The molecule has 0 bridgehead atoms. The summed E-state index contributed by atoms with van der Waals surface area (Å²) in [5, 5.41) is 5.71. The van der Waals surface area contributed by atoms with Crippen molar-refractivity contribution in [3.63, 3.8) is 0 Å². The minimum Gasteiger partial charge on any atom is -0.454 e. The van der Waals surface area contributed by atoms with E-state index in [9.17, 15) is 9.59 Å². The van der Waals surface area contributed by atoms with Gasteiger partial charge in [0.25, 0.3) is 0 Å². The average molecular weight is 307 g/mol. The van der Waals surface area contributed by atoms with Gasteiger partial charge in [-0.25, -0.2) is 0 Å². The maximum Gasteiger partial charge on any atom is 0.237 e. The fraction of sp³-hybridized carbons (Fsp3) is 0.467. The van der Waals surface area contributed by atoms with E-state index in [0.29, 0.717) is 17.1 Å². The monoisotopic (exact) mass is 307 g/mol. The van der Waals surface area contributed by atoms with E-state index in [2.05, 4.69) is 10.6 Å². The van der Waals surface area contributed by atoms with E-state index in [4.69, 9.17) is 15.2 Å². The first-order valence-electron chi connectivity index (χ1n) is 7.14. The first-order chi connectivity index (χ1) is 10.4. The van der Waals surface area contributed by atoms with E-state index in [1.54, 1.807) is 39.0 Å². The van der Waals surface area contributed by atoms with Gasteiger partial charge in [-0.05, 0) is 39.0 Å². The lowest BCUT2D eigenvalue weighted by Crippen LogP contribution is -2.52. The van der Waals surface area contributed by atoms with Crippen LogP contribution in [-0.2, 0) is 4.79 Å². The standard InChI is InChI=1S/C15H21N3O4/c1-8(16)15(20)18-10(3)17-9(2)14(19)11-4-5-12-13(6-11)22-7-21-12/h4-6,8-10,17H,7,16H2,1-3H3,(H,18,20). The van der Waals surface area contributed by atoms with Gasteiger partial charge < -0.3 is 20.5 Å². The van der Waals surface area contributed by atoms with Crippen LogP contribution in [0, 0.1) is 0 Å². The second-order valence-electron chi connectivity index (χ2n) is 5.34. The molecule has 1 heterocycles. The second-order valence-corrected chi connectivity index (χ2v) is 5.34. The molecule has 0 aromatic heterocycles. The number of amides is 1. The minimum atomic E-state index is -0.593. The molecule has 0 aliphatic carbocycles. The Morgan fingerprint density at radius 2 is 1.86 bits per heavy atom. The van der Waals surface area contributed by atoms with Crippen molar-refractivity contribution in [1.29, 1.82) is 0 Å². The number of carbonyl (C=O) groups excluding carboxylic acids is 2. The number of hydrogen-bond donors (Lipinski definition) is 3. The average Bonchev–Trinajstić information content (AvgIpc) is 2.93. The Balaban J connectivity index is 1.96. The number of nitrogens with one attached hydrogen (secondary N) is 2. The largest absolute Gasteiger partial charge is 0.454 e. The van der Waals surface area contributed by atoms with E-state index >= 15 is 0 Å². The molecule has 1 aromatic rings. The molecule has 120 valence electrons. The quantitative estimate of drug-likeness (QED) is 0.519. The van der Waals surface area contributed by atoms with Crippen LogP contribution in [0.1, 0.15) is 31.1 Å². The normalized spacial score (nSPS) is 16.7. The zero-order valence-electron chi connectivity index (χ0n) is 12.9. The number of benzene rings is 1. The second kappa shape index (κ2) is 6.76. The highest BCUT2D eigenvalue weighted by Crippen LogP contribution is 2.32. The molecule has 2 rings (SSSR count). The molecule has 7 heteroatoms. The molecule has 1 aliphatic heterocycles. The Bertz CT molecular complexity index is 574. The number of nitrogens with two attached hydrogens (primary N) is 1. The van der Waals surface area contributed by atoms with Gasteiger partial charge >= 0.3 is 0 Å². The van der Waals surface area contributed by atoms with Crippen LogP contribution < -0.4 is 25.8 Å². The Hall–Kier alpha value is -2.12. The highest BCUT2D eigenvalue weighted by Gasteiger charge is 2.21. The third-order valence-electron chi connectivity index (χ3n) is 3.32. The Kier molecular flexibility index (Phi) is 4.99. The third kappa shape index (κ3) is 3.75. The van der Waals surface area contributed by atoms with Gasteiger partial charge in [-0.3, -0.25) is 14.9 Å². The number of ether oxygens (including phenoxy) is 2. The summed E-state index contributed by atoms with van der Waals surface area (Å²) in [6, 6.07) is 4.00. The van der Waals surface area contributed by atoms with Gasteiger partial charge in [0.05, 0.1) is 18.2 Å². The number of rotatable bonds is 6. The summed E-state index contributed by atoms with van der Waals surface area (Å²) in [4.78, 5) is 23.9. The van der Waals surface area contributed by atoms with Gasteiger partial charge in [0.2, 0.25) is 12.7 Å². The first-order valence-corrected chi connectivity index (χ1v) is 7.14. The van der Waals surface area contributed by atoms with E-state index < -0.39 is 12.1 Å². The number of fused-ring (bicyclic) bond motifs is 1. The van der Waals surface area contributed by atoms with Gasteiger partial charge in [0.1, 0.15) is 0 Å². The fourth-order valence-electron chi connectivity index (χ4n) is 2.14. The van der Waals surface area contributed by atoms with Crippen molar-refractivity contribution in [1.82, 2.24) is 10.6 Å². The lowest BCUT2D eigenvalue weighted by molar-refractivity contribution is -0.122. The highest BCUT2D eigenvalue weighted by molar-refractivity contribution is 6.00. The lowest BCUT2D eigenvalue weighted by Gasteiger charge is -2.21. The zero-order valence-corrected chi connectivity index (χ0v) is 12.9. The molecule has 0 spiro atoms. The molecule has 1 aliphatic rings. The molecule has 3 atom stereocenters. The third-order valence-corrected chi connectivity index (χ3v) is 3.32. The van der Waals surface area contributed by atoms with E-state index in [1.165, 1.54) is 0 Å². The summed E-state index contributed by atoms with van der Waals surface area (Å²) < 4.78 is 10.5. The molecule has 4 N–H and O–H groups in total. The lowest BCUT2D eigenvalue weighted by atomic mass is 10.0. The number of ketones is 1. The molecule has 1 aromatic carbocycles. The molecule has 1 amide bonds. The van der Waals surface area contributed by atoms with Crippen molar-refractivity contribution >= 4 is 11.7 Å². The van der Waals surface area contributed by atoms with Gasteiger partial charge in [-0.2, -0.15) is 0 Å². The van der Waals surface area contributed by atoms with Crippen LogP contribution in [0.15, 0.2) is 18.2 Å². The zero-order chi connectivity index (χ0) is 16.3. The van der Waals surface area contributed by atoms with E-state index in [0.717, 1.165) is 0 Å². The molecule has 0 radical (unpaired) electrons. The summed E-state index contributed by atoms with van der Waals surface area (Å²) in [5.74, 6) is 0.828. The Morgan fingerprint density at radius 1 is 1.18 bits per heavy atom. The fourth-order valence-corrected chi connectivity index (χ4v) is 2.14.